The van der Waals surface area contributed by atoms with Gasteiger partial charge in [0.05, 0.1) is 13.2 Å². The molecule has 1 heterocycles. The average Bonchev–Trinajstić information content (AvgIpc) is 3.01. The van der Waals surface area contributed by atoms with Crippen LogP contribution in [0.25, 0.3) is 0 Å². The Kier molecular flexibility index (Phi) is 3.86. The Morgan fingerprint density at radius 2 is 1.67 bits per heavy atom. The number of hydrogen-bond donors (Lipinski definition) is 0. The Bertz CT molecular complexity index is 653. The topological polar surface area (TPSA) is 35.5 Å². The molecule has 0 radical (unpaired) electrons. The summed E-state index contributed by atoms with van der Waals surface area (Å²) >= 11 is 0. The SMILES string of the molecule is Cc1ccc(C(=O)c2ccc(C3OCCO3)cc2)c(C)c1. The molecule has 3 nitrogen and oxygen atoms in total. The maximum Gasteiger partial charge on any atom is 0.193 e. The van der Waals surface area contributed by atoms with Crippen LogP contribution in [0, 0.1) is 13.8 Å². The first-order valence-electron chi connectivity index (χ1n) is 7.10. The maximum absolute atomic E-state index is 12.5. The second kappa shape index (κ2) is 5.80. The molecule has 0 unspecified atom stereocenters. The summed E-state index contributed by atoms with van der Waals surface area (Å²) < 4.78 is 10.9. The van der Waals surface area contributed by atoms with Gasteiger partial charge in [-0.1, -0.05) is 48.0 Å². The number of carbonyl (C=O) groups is 1. The van der Waals surface area contributed by atoms with E-state index in [1.165, 1.54) is 0 Å². The van der Waals surface area contributed by atoms with Gasteiger partial charge < -0.3 is 9.47 Å². The van der Waals surface area contributed by atoms with Crippen LogP contribution in [-0.2, 0) is 9.47 Å². The van der Waals surface area contributed by atoms with E-state index in [9.17, 15) is 4.79 Å². The van der Waals surface area contributed by atoms with E-state index in [4.69, 9.17) is 9.47 Å². The van der Waals surface area contributed by atoms with Gasteiger partial charge in [-0.15, -0.1) is 0 Å². The van der Waals surface area contributed by atoms with E-state index in [1.54, 1.807) is 0 Å². The van der Waals surface area contributed by atoms with Crippen molar-refractivity contribution in [3.05, 3.63) is 70.3 Å². The van der Waals surface area contributed by atoms with Gasteiger partial charge in [0.25, 0.3) is 0 Å². The van der Waals surface area contributed by atoms with Gasteiger partial charge in [0.1, 0.15) is 0 Å². The van der Waals surface area contributed by atoms with Gasteiger partial charge in [-0.25, -0.2) is 0 Å². The lowest BCUT2D eigenvalue weighted by molar-refractivity contribution is -0.0441. The van der Waals surface area contributed by atoms with E-state index in [2.05, 4.69) is 0 Å². The van der Waals surface area contributed by atoms with Gasteiger partial charge in [0, 0.05) is 16.7 Å². The molecule has 1 aliphatic rings. The van der Waals surface area contributed by atoms with E-state index in [1.807, 2.05) is 56.3 Å². The Hall–Kier alpha value is -1.97. The summed E-state index contributed by atoms with van der Waals surface area (Å²) in [4.78, 5) is 12.5. The molecule has 1 aliphatic heterocycles. The molecule has 0 saturated carbocycles. The first kappa shape index (κ1) is 14.0. The summed E-state index contributed by atoms with van der Waals surface area (Å²) in [5.74, 6) is 0.0484. The van der Waals surface area contributed by atoms with Gasteiger partial charge in [0.2, 0.25) is 0 Å². The molecular weight excluding hydrogens is 264 g/mol. The zero-order valence-corrected chi connectivity index (χ0v) is 12.3. The third-order valence-electron chi connectivity index (χ3n) is 3.69. The van der Waals surface area contributed by atoms with Crippen LogP contribution >= 0.6 is 0 Å². The van der Waals surface area contributed by atoms with Crippen molar-refractivity contribution in [3.63, 3.8) is 0 Å². The highest BCUT2D eigenvalue weighted by Gasteiger charge is 2.19. The second-order valence-corrected chi connectivity index (χ2v) is 5.34. The number of carbonyl (C=O) groups excluding carboxylic acids is 1. The number of aryl methyl sites for hydroxylation is 2. The fourth-order valence-electron chi connectivity index (χ4n) is 2.57. The zero-order chi connectivity index (χ0) is 14.8. The van der Waals surface area contributed by atoms with Crippen LogP contribution < -0.4 is 0 Å². The fourth-order valence-corrected chi connectivity index (χ4v) is 2.57. The zero-order valence-electron chi connectivity index (χ0n) is 12.3. The number of ether oxygens (including phenoxy) is 2. The molecule has 2 aromatic carbocycles. The number of hydrogen-bond acceptors (Lipinski definition) is 3. The molecule has 0 atom stereocenters. The molecule has 2 aromatic rings. The normalized spacial score (nSPS) is 15.3. The Morgan fingerprint density at radius 3 is 2.29 bits per heavy atom. The van der Waals surface area contributed by atoms with E-state index >= 15 is 0 Å². The van der Waals surface area contributed by atoms with Crippen LogP contribution in [0.15, 0.2) is 42.5 Å². The first-order valence-corrected chi connectivity index (χ1v) is 7.10. The minimum atomic E-state index is -0.296. The van der Waals surface area contributed by atoms with Crippen molar-refractivity contribution in [3.8, 4) is 0 Å². The highest BCUT2D eigenvalue weighted by atomic mass is 16.7. The number of benzene rings is 2. The molecule has 0 aliphatic carbocycles. The highest BCUT2D eigenvalue weighted by Crippen LogP contribution is 2.24. The maximum atomic E-state index is 12.5. The third-order valence-corrected chi connectivity index (χ3v) is 3.69. The van der Waals surface area contributed by atoms with E-state index < -0.39 is 0 Å². The lowest BCUT2D eigenvalue weighted by Gasteiger charge is -2.10. The van der Waals surface area contributed by atoms with Crippen molar-refractivity contribution in [2.75, 3.05) is 13.2 Å². The number of ketones is 1. The third kappa shape index (κ3) is 2.89. The molecule has 3 rings (SSSR count). The van der Waals surface area contributed by atoms with Crippen molar-refractivity contribution < 1.29 is 14.3 Å². The van der Waals surface area contributed by atoms with Crippen LogP contribution in [-0.4, -0.2) is 19.0 Å². The molecular formula is C18H18O3. The van der Waals surface area contributed by atoms with Gasteiger partial charge in [-0.05, 0) is 19.4 Å². The standard InChI is InChI=1S/C18H18O3/c1-12-3-8-16(13(2)11-12)17(19)14-4-6-15(7-5-14)18-20-9-10-21-18/h3-8,11,18H,9-10H2,1-2H3. The fraction of sp³-hybridized carbons (Fsp3) is 0.278. The molecule has 0 bridgehead atoms. The first-order chi connectivity index (χ1) is 10.1. The molecule has 0 amide bonds. The lowest BCUT2D eigenvalue weighted by atomic mass is 9.97. The average molecular weight is 282 g/mol. The van der Waals surface area contributed by atoms with Crippen LogP contribution in [0.4, 0.5) is 0 Å². The Labute approximate surface area is 124 Å². The van der Waals surface area contributed by atoms with E-state index in [-0.39, 0.29) is 12.1 Å². The van der Waals surface area contributed by atoms with Crippen molar-refractivity contribution in [1.82, 2.24) is 0 Å². The summed E-state index contributed by atoms with van der Waals surface area (Å²) in [6, 6.07) is 13.4. The van der Waals surface area contributed by atoms with Crippen molar-refractivity contribution in [2.45, 2.75) is 20.1 Å². The summed E-state index contributed by atoms with van der Waals surface area (Å²) in [6.07, 6.45) is -0.296. The predicted octanol–water partition coefficient (Wildman–Crippen LogP) is 3.58. The summed E-state index contributed by atoms with van der Waals surface area (Å²) in [5.41, 5.74) is 4.55. The predicted molar refractivity (Wildman–Crippen MR) is 80.4 cm³/mol. The van der Waals surface area contributed by atoms with Gasteiger partial charge in [-0.3, -0.25) is 4.79 Å². The van der Waals surface area contributed by atoms with Crippen molar-refractivity contribution >= 4 is 5.78 Å². The van der Waals surface area contributed by atoms with Gasteiger partial charge in [-0.2, -0.15) is 0 Å². The molecule has 0 aromatic heterocycles. The largest absolute Gasteiger partial charge is 0.346 e. The summed E-state index contributed by atoms with van der Waals surface area (Å²) in [6.45, 7) is 5.23. The molecule has 3 heteroatoms. The molecule has 21 heavy (non-hydrogen) atoms. The second-order valence-electron chi connectivity index (χ2n) is 5.34. The summed E-state index contributed by atoms with van der Waals surface area (Å²) in [5, 5.41) is 0. The minimum Gasteiger partial charge on any atom is -0.346 e. The monoisotopic (exact) mass is 282 g/mol. The van der Waals surface area contributed by atoms with Crippen molar-refractivity contribution in [1.29, 1.82) is 0 Å². The Morgan fingerprint density at radius 1 is 1.00 bits per heavy atom. The smallest absolute Gasteiger partial charge is 0.193 e. The van der Waals surface area contributed by atoms with Gasteiger partial charge >= 0.3 is 0 Å². The van der Waals surface area contributed by atoms with Crippen LogP contribution in [0.5, 0.6) is 0 Å². The molecule has 0 N–H and O–H groups in total. The molecule has 0 spiro atoms. The van der Waals surface area contributed by atoms with E-state index in [0.29, 0.717) is 18.8 Å². The summed E-state index contributed by atoms with van der Waals surface area (Å²) in [7, 11) is 0. The molecule has 108 valence electrons. The molecule has 1 fully saturated rings. The Balaban J connectivity index is 1.84. The molecule has 1 saturated heterocycles. The van der Waals surface area contributed by atoms with Crippen LogP contribution in [0.1, 0.15) is 38.9 Å². The van der Waals surface area contributed by atoms with Crippen LogP contribution in [0.2, 0.25) is 0 Å². The minimum absolute atomic E-state index is 0.0484. The van der Waals surface area contributed by atoms with Crippen molar-refractivity contribution in [2.24, 2.45) is 0 Å². The van der Waals surface area contributed by atoms with Gasteiger partial charge in [0.15, 0.2) is 12.1 Å². The lowest BCUT2D eigenvalue weighted by Crippen LogP contribution is -2.05. The van der Waals surface area contributed by atoms with E-state index in [0.717, 1.165) is 22.3 Å². The highest BCUT2D eigenvalue weighted by molar-refractivity contribution is 6.09. The quantitative estimate of drug-likeness (QED) is 0.807. The van der Waals surface area contributed by atoms with Crippen LogP contribution in [0.3, 0.4) is 0 Å². The number of rotatable bonds is 3.